The second-order valence-corrected chi connectivity index (χ2v) is 6.20. The van der Waals surface area contributed by atoms with Crippen LogP contribution in [0.15, 0.2) is 54.6 Å². The van der Waals surface area contributed by atoms with Gasteiger partial charge in [0.25, 0.3) is 0 Å². The summed E-state index contributed by atoms with van der Waals surface area (Å²) in [7, 11) is 1.58. The van der Waals surface area contributed by atoms with E-state index in [4.69, 9.17) is 9.84 Å². The molecule has 2 amide bonds. The Bertz CT molecular complexity index is 734. The van der Waals surface area contributed by atoms with Crippen LogP contribution in [0.4, 0.5) is 4.79 Å². The zero-order valence-corrected chi connectivity index (χ0v) is 15.0. The number of carboxylic acids is 1. The summed E-state index contributed by atoms with van der Waals surface area (Å²) in [6.07, 6.45) is 0. The van der Waals surface area contributed by atoms with Crippen LogP contribution in [0.25, 0.3) is 0 Å². The molecule has 0 aliphatic rings. The third-order valence-electron chi connectivity index (χ3n) is 3.91. The summed E-state index contributed by atoms with van der Waals surface area (Å²) in [4.78, 5) is 24.3. The lowest BCUT2D eigenvalue weighted by atomic mass is 10.2. The number of amides is 2. The van der Waals surface area contributed by atoms with Crippen molar-refractivity contribution < 1.29 is 19.4 Å². The standard InChI is InChI=1S/C20H24N2O4/c1-15(19(23)24)13-22(2)20(25)21-12-17-9-6-10-18(11-17)26-14-16-7-4-3-5-8-16/h3-11,15H,12-14H2,1-2H3,(H,21,25)(H,23,24). The molecule has 26 heavy (non-hydrogen) atoms. The fraction of sp³-hybridized carbons (Fsp3) is 0.300. The molecule has 0 saturated heterocycles. The molecule has 2 aromatic carbocycles. The minimum atomic E-state index is -0.923. The van der Waals surface area contributed by atoms with Gasteiger partial charge in [0.15, 0.2) is 0 Å². The molecule has 138 valence electrons. The van der Waals surface area contributed by atoms with Crippen LogP contribution < -0.4 is 10.1 Å². The van der Waals surface area contributed by atoms with Gasteiger partial charge >= 0.3 is 12.0 Å². The van der Waals surface area contributed by atoms with Crippen molar-refractivity contribution in [3.05, 3.63) is 65.7 Å². The molecule has 2 N–H and O–H groups in total. The van der Waals surface area contributed by atoms with E-state index in [9.17, 15) is 9.59 Å². The molecular formula is C20H24N2O4. The van der Waals surface area contributed by atoms with Gasteiger partial charge in [-0.3, -0.25) is 4.79 Å². The van der Waals surface area contributed by atoms with E-state index in [0.717, 1.165) is 16.9 Å². The Morgan fingerprint density at radius 1 is 1.12 bits per heavy atom. The molecule has 0 radical (unpaired) electrons. The van der Waals surface area contributed by atoms with Crippen LogP contribution in [0.1, 0.15) is 18.1 Å². The first-order valence-electron chi connectivity index (χ1n) is 8.43. The number of benzene rings is 2. The van der Waals surface area contributed by atoms with E-state index >= 15 is 0 Å². The zero-order chi connectivity index (χ0) is 18.9. The Balaban J connectivity index is 1.84. The smallest absolute Gasteiger partial charge is 0.317 e. The number of hydrogen-bond donors (Lipinski definition) is 2. The number of carboxylic acid groups (broad SMARTS) is 1. The summed E-state index contributed by atoms with van der Waals surface area (Å²) in [6.45, 7) is 2.54. The van der Waals surface area contributed by atoms with Gasteiger partial charge in [0.05, 0.1) is 5.92 Å². The van der Waals surface area contributed by atoms with E-state index in [1.165, 1.54) is 4.90 Å². The highest BCUT2D eigenvalue weighted by molar-refractivity contribution is 5.75. The molecule has 0 fully saturated rings. The van der Waals surface area contributed by atoms with Crippen molar-refractivity contribution >= 4 is 12.0 Å². The van der Waals surface area contributed by atoms with Crippen molar-refractivity contribution in [2.24, 2.45) is 5.92 Å². The topological polar surface area (TPSA) is 78.9 Å². The fourth-order valence-electron chi connectivity index (χ4n) is 2.37. The highest BCUT2D eigenvalue weighted by atomic mass is 16.5. The van der Waals surface area contributed by atoms with E-state index in [-0.39, 0.29) is 12.6 Å². The Morgan fingerprint density at radius 3 is 2.50 bits per heavy atom. The molecule has 0 saturated carbocycles. The Kier molecular flexibility index (Phi) is 7.02. The second-order valence-electron chi connectivity index (χ2n) is 6.20. The van der Waals surface area contributed by atoms with Gasteiger partial charge in [-0.25, -0.2) is 4.79 Å². The van der Waals surface area contributed by atoms with Gasteiger partial charge in [-0.15, -0.1) is 0 Å². The molecule has 2 rings (SSSR count). The third-order valence-corrected chi connectivity index (χ3v) is 3.91. The molecule has 6 nitrogen and oxygen atoms in total. The van der Waals surface area contributed by atoms with Crippen LogP contribution in [0.5, 0.6) is 5.75 Å². The number of nitrogens with one attached hydrogen (secondary N) is 1. The van der Waals surface area contributed by atoms with Gasteiger partial charge in [-0.2, -0.15) is 0 Å². The van der Waals surface area contributed by atoms with Gasteiger partial charge in [-0.1, -0.05) is 49.4 Å². The highest BCUT2D eigenvalue weighted by Gasteiger charge is 2.17. The molecule has 2 aromatic rings. The summed E-state index contributed by atoms with van der Waals surface area (Å²) >= 11 is 0. The lowest BCUT2D eigenvalue weighted by Crippen LogP contribution is -2.40. The average molecular weight is 356 g/mol. The normalized spacial score (nSPS) is 11.5. The van der Waals surface area contributed by atoms with Crippen molar-refractivity contribution in [2.75, 3.05) is 13.6 Å². The van der Waals surface area contributed by atoms with Crippen LogP contribution in [0.2, 0.25) is 0 Å². The molecule has 0 aliphatic heterocycles. The number of ether oxygens (including phenoxy) is 1. The lowest BCUT2D eigenvalue weighted by molar-refractivity contribution is -0.141. The highest BCUT2D eigenvalue weighted by Crippen LogP contribution is 2.15. The van der Waals surface area contributed by atoms with Gasteiger partial charge in [0.2, 0.25) is 0 Å². The minimum Gasteiger partial charge on any atom is -0.489 e. The quantitative estimate of drug-likeness (QED) is 0.762. The Hall–Kier alpha value is -3.02. The van der Waals surface area contributed by atoms with Crippen molar-refractivity contribution in [1.82, 2.24) is 10.2 Å². The van der Waals surface area contributed by atoms with Crippen LogP contribution in [-0.2, 0) is 17.9 Å². The van der Waals surface area contributed by atoms with E-state index in [1.807, 2.05) is 54.6 Å². The maximum atomic E-state index is 12.1. The molecule has 1 atom stereocenters. The van der Waals surface area contributed by atoms with E-state index in [1.54, 1.807) is 14.0 Å². The van der Waals surface area contributed by atoms with E-state index < -0.39 is 11.9 Å². The van der Waals surface area contributed by atoms with Crippen molar-refractivity contribution in [3.8, 4) is 5.75 Å². The maximum Gasteiger partial charge on any atom is 0.317 e. The zero-order valence-electron chi connectivity index (χ0n) is 15.0. The fourth-order valence-corrected chi connectivity index (χ4v) is 2.37. The van der Waals surface area contributed by atoms with E-state index in [2.05, 4.69) is 5.32 Å². The van der Waals surface area contributed by atoms with Crippen LogP contribution in [0, 0.1) is 5.92 Å². The van der Waals surface area contributed by atoms with Crippen LogP contribution in [-0.4, -0.2) is 35.6 Å². The molecule has 0 bridgehead atoms. The Morgan fingerprint density at radius 2 is 1.81 bits per heavy atom. The predicted octanol–water partition coefficient (Wildman–Crippen LogP) is 3.13. The van der Waals surface area contributed by atoms with Crippen LogP contribution >= 0.6 is 0 Å². The molecule has 0 heterocycles. The molecule has 6 heteroatoms. The largest absolute Gasteiger partial charge is 0.489 e. The average Bonchev–Trinajstić information content (AvgIpc) is 2.65. The molecule has 0 aliphatic carbocycles. The van der Waals surface area contributed by atoms with Gasteiger partial charge in [0.1, 0.15) is 12.4 Å². The molecule has 1 unspecified atom stereocenters. The van der Waals surface area contributed by atoms with Gasteiger partial charge in [0, 0.05) is 20.1 Å². The lowest BCUT2D eigenvalue weighted by Gasteiger charge is -2.20. The number of carbonyl (C=O) groups excluding carboxylic acids is 1. The molecular weight excluding hydrogens is 332 g/mol. The monoisotopic (exact) mass is 356 g/mol. The van der Waals surface area contributed by atoms with E-state index in [0.29, 0.717) is 13.2 Å². The molecule has 0 spiro atoms. The SMILES string of the molecule is CC(CN(C)C(=O)NCc1cccc(OCc2ccccc2)c1)C(=O)O. The maximum absolute atomic E-state index is 12.1. The first-order chi connectivity index (χ1) is 12.5. The van der Waals surface area contributed by atoms with Crippen molar-refractivity contribution in [2.45, 2.75) is 20.1 Å². The number of rotatable bonds is 8. The predicted molar refractivity (Wildman–Crippen MR) is 98.9 cm³/mol. The molecule has 0 aromatic heterocycles. The summed E-state index contributed by atoms with van der Waals surface area (Å²) in [5.74, 6) is -0.804. The van der Waals surface area contributed by atoms with Gasteiger partial charge < -0.3 is 20.1 Å². The summed E-state index contributed by atoms with van der Waals surface area (Å²) < 4.78 is 5.78. The third kappa shape index (κ3) is 6.12. The van der Waals surface area contributed by atoms with Gasteiger partial charge in [-0.05, 0) is 23.3 Å². The number of nitrogens with zero attached hydrogens (tertiary/aromatic N) is 1. The number of aliphatic carboxylic acids is 1. The number of hydrogen-bond acceptors (Lipinski definition) is 3. The first-order valence-corrected chi connectivity index (χ1v) is 8.43. The summed E-state index contributed by atoms with van der Waals surface area (Å²) in [5.41, 5.74) is 1.99. The number of carbonyl (C=O) groups is 2. The number of urea groups is 1. The van der Waals surface area contributed by atoms with Crippen molar-refractivity contribution in [3.63, 3.8) is 0 Å². The van der Waals surface area contributed by atoms with Crippen molar-refractivity contribution in [1.29, 1.82) is 0 Å². The summed E-state index contributed by atoms with van der Waals surface area (Å²) in [6, 6.07) is 17.1. The Labute approximate surface area is 153 Å². The minimum absolute atomic E-state index is 0.154. The summed E-state index contributed by atoms with van der Waals surface area (Å²) in [5, 5.41) is 11.7. The first kappa shape index (κ1) is 19.3. The second kappa shape index (κ2) is 9.46. The van der Waals surface area contributed by atoms with Crippen LogP contribution in [0.3, 0.4) is 0 Å².